The summed E-state index contributed by atoms with van der Waals surface area (Å²) in [6, 6.07) is 21.8. The van der Waals surface area contributed by atoms with Crippen molar-refractivity contribution in [3.05, 3.63) is 95.2 Å². The Morgan fingerprint density at radius 3 is 2.48 bits per heavy atom. The summed E-state index contributed by atoms with van der Waals surface area (Å²) in [5.41, 5.74) is 2.90. The summed E-state index contributed by atoms with van der Waals surface area (Å²) in [6.45, 7) is 2.01. The average molecular weight is 415 g/mol. The van der Waals surface area contributed by atoms with Crippen LogP contribution < -0.4 is 10.1 Å². The van der Waals surface area contributed by atoms with Gasteiger partial charge < -0.3 is 19.2 Å². The zero-order valence-electron chi connectivity index (χ0n) is 17.2. The molecule has 0 unspecified atom stereocenters. The third-order valence-electron chi connectivity index (χ3n) is 4.94. The van der Waals surface area contributed by atoms with Gasteiger partial charge in [0.1, 0.15) is 17.9 Å². The highest BCUT2D eigenvalue weighted by atomic mass is 16.5. The first-order chi connectivity index (χ1) is 15.1. The zero-order chi connectivity index (χ0) is 21.8. The highest BCUT2D eigenvalue weighted by molar-refractivity contribution is 6.07. The van der Waals surface area contributed by atoms with Crippen LogP contribution in [0.2, 0.25) is 0 Å². The summed E-state index contributed by atoms with van der Waals surface area (Å²) in [4.78, 5) is 25.0. The highest BCUT2D eigenvalue weighted by Crippen LogP contribution is 2.28. The molecule has 0 saturated carbocycles. The van der Waals surface area contributed by atoms with Crippen LogP contribution in [0.3, 0.4) is 0 Å². The van der Waals surface area contributed by atoms with Crippen LogP contribution in [0.25, 0.3) is 11.0 Å². The molecule has 6 nitrogen and oxygen atoms in total. The number of benzene rings is 3. The number of methoxy groups -OCH3 is 1. The minimum Gasteiger partial charge on any atom is -0.489 e. The van der Waals surface area contributed by atoms with E-state index in [2.05, 4.69) is 5.32 Å². The fourth-order valence-corrected chi connectivity index (χ4v) is 3.28. The number of esters is 1. The number of fused-ring (bicyclic) bond motifs is 1. The van der Waals surface area contributed by atoms with Crippen LogP contribution >= 0.6 is 0 Å². The fourth-order valence-electron chi connectivity index (χ4n) is 3.28. The van der Waals surface area contributed by atoms with E-state index in [1.54, 1.807) is 24.3 Å². The molecule has 0 aliphatic carbocycles. The van der Waals surface area contributed by atoms with E-state index in [-0.39, 0.29) is 12.4 Å². The van der Waals surface area contributed by atoms with Gasteiger partial charge in [-0.2, -0.15) is 0 Å². The minimum absolute atomic E-state index is 0.167. The molecule has 3 aromatic carbocycles. The van der Waals surface area contributed by atoms with E-state index in [4.69, 9.17) is 13.9 Å². The number of amides is 1. The normalized spacial score (nSPS) is 10.6. The first-order valence-corrected chi connectivity index (χ1v) is 9.75. The Morgan fingerprint density at radius 2 is 1.71 bits per heavy atom. The molecule has 0 bridgehead atoms. The molecule has 1 N–H and O–H groups in total. The number of hydrogen-bond donors (Lipinski definition) is 1. The van der Waals surface area contributed by atoms with E-state index in [0.29, 0.717) is 28.1 Å². The van der Waals surface area contributed by atoms with E-state index in [0.717, 1.165) is 10.9 Å². The number of para-hydroxylation sites is 2. The lowest BCUT2D eigenvalue weighted by molar-refractivity contribution is 0.0600. The molecular weight excluding hydrogens is 394 g/mol. The van der Waals surface area contributed by atoms with E-state index in [9.17, 15) is 9.59 Å². The molecule has 0 spiro atoms. The number of carbonyl (C=O) groups is 2. The standard InChI is InChI=1S/C25H21NO5/c1-16-12-13-17(25(28)29-2)14-21(16)26-24(27)23-20(15-30-18-8-4-3-5-9-18)19-10-6-7-11-22(19)31-23/h3-14H,15H2,1-2H3,(H,26,27). The van der Waals surface area contributed by atoms with Gasteiger partial charge in [0.2, 0.25) is 0 Å². The number of rotatable bonds is 6. The fraction of sp³-hybridized carbons (Fsp3) is 0.120. The third kappa shape index (κ3) is 4.28. The topological polar surface area (TPSA) is 77.8 Å². The van der Waals surface area contributed by atoms with Gasteiger partial charge in [-0.1, -0.05) is 42.5 Å². The van der Waals surface area contributed by atoms with Crippen LogP contribution in [0, 0.1) is 6.92 Å². The van der Waals surface area contributed by atoms with Crippen LogP contribution in [0.15, 0.2) is 77.2 Å². The van der Waals surface area contributed by atoms with Gasteiger partial charge in [-0.3, -0.25) is 4.79 Å². The van der Waals surface area contributed by atoms with Gasteiger partial charge in [-0.05, 0) is 42.8 Å². The van der Waals surface area contributed by atoms with Gasteiger partial charge in [0, 0.05) is 16.6 Å². The lowest BCUT2D eigenvalue weighted by Crippen LogP contribution is -2.15. The maximum atomic E-state index is 13.1. The predicted molar refractivity (Wildman–Crippen MR) is 117 cm³/mol. The van der Waals surface area contributed by atoms with Crippen molar-refractivity contribution in [2.24, 2.45) is 0 Å². The van der Waals surface area contributed by atoms with Crippen molar-refractivity contribution >= 4 is 28.5 Å². The molecule has 1 aromatic heterocycles. The van der Waals surface area contributed by atoms with Crippen LogP contribution in [-0.4, -0.2) is 19.0 Å². The molecule has 0 radical (unpaired) electrons. The number of furan rings is 1. The molecular formula is C25H21NO5. The van der Waals surface area contributed by atoms with Crippen molar-refractivity contribution in [2.75, 3.05) is 12.4 Å². The number of hydrogen-bond acceptors (Lipinski definition) is 5. The average Bonchev–Trinajstić information content (AvgIpc) is 3.18. The van der Waals surface area contributed by atoms with Gasteiger partial charge in [0.05, 0.1) is 12.7 Å². The Kier molecular flexibility index (Phi) is 5.71. The second-order valence-corrected chi connectivity index (χ2v) is 6.98. The number of aryl methyl sites for hydroxylation is 1. The number of carbonyl (C=O) groups excluding carboxylic acids is 2. The summed E-state index contributed by atoms with van der Waals surface area (Å²) < 4.78 is 16.5. The Labute approximate surface area is 179 Å². The quantitative estimate of drug-likeness (QED) is 0.429. The van der Waals surface area contributed by atoms with Crippen molar-refractivity contribution < 1.29 is 23.5 Å². The Hall–Kier alpha value is -4.06. The molecule has 156 valence electrons. The van der Waals surface area contributed by atoms with Crippen molar-refractivity contribution in [1.82, 2.24) is 0 Å². The first-order valence-electron chi connectivity index (χ1n) is 9.75. The summed E-state index contributed by atoms with van der Waals surface area (Å²) in [6.07, 6.45) is 0. The smallest absolute Gasteiger partial charge is 0.337 e. The highest BCUT2D eigenvalue weighted by Gasteiger charge is 2.22. The molecule has 4 rings (SSSR count). The van der Waals surface area contributed by atoms with Crippen LogP contribution in [0.4, 0.5) is 5.69 Å². The van der Waals surface area contributed by atoms with Crippen LogP contribution in [-0.2, 0) is 11.3 Å². The van der Waals surface area contributed by atoms with Crippen LogP contribution in [0.5, 0.6) is 5.75 Å². The van der Waals surface area contributed by atoms with Crippen molar-refractivity contribution in [1.29, 1.82) is 0 Å². The number of nitrogens with one attached hydrogen (secondary N) is 1. The van der Waals surface area contributed by atoms with Gasteiger partial charge in [-0.25, -0.2) is 4.79 Å². The summed E-state index contributed by atoms with van der Waals surface area (Å²) in [7, 11) is 1.31. The Balaban J connectivity index is 1.66. The lowest BCUT2D eigenvalue weighted by Gasteiger charge is -2.10. The second kappa shape index (κ2) is 8.75. The lowest BCUT2D eigenvalue weighted by atomic mass is 10.1. The zero-order valence-corrected chi connectivity index (χ0v) is 17.2. The summed E-state index contributed by atoms with van der Waals surface area (Å²) >= 11 is 0. The van der Waals surface area contributed by atoms with Crippen molar-refractivity contribution in [2.45, 2.75) is 13.5 Å². The summed E-state index contributed by atoms with van der Waals surface area (Å²) in [5.74, 6) is -0.0371. The van der Waals surface area contributed by atoms with Crippen LogP contribution in [0.1, 0.15) is 32.0 Å². The maximum Gasteiger partial charge on any atom is 0.337 e. The number of ether oxygens (including phenoxy) is 2. The van der Waals surface area contributed by atoms with Gasteiger partial charge >= 0.3 is 5.97 Å². The SMILES string of the molecule is COC(=O)c1ccc(C)c(NC(=O)c2oc3ccccc3c2COc2ccccc2)c1. The Bertz CT molecular complexity index is 1240. The number of anilines is 1. The molecule has 1 amide bonds. The minimum atomic E-state index is -0.476. The van der Waals surface area contributed by atoms with E-state index >= 15 is 0 Å². The molecule has 6 heteroatoms. The van der Waals surface area contributed by atoms with Gasteiger partial charge in [0.25, 0.3) is 5.91 Å². The van der Waals surface area contributed by atoms with E-state index in [1.165, 1.54) is 7.11 Å². The molecule has 31 heavy (non-hydrogen) atoms. The predicted octanol–water partition coefficient (Wildman–Crippen LogP) is 5.36. The van der Waals surface area contributed by atoms with E-state index in [1.807, 2.05) is 55.5 Å². The molecule has 0 saturated heterocycles. The largest absolute Gasteiger partial charge is 0.489 e. The van der Waals surface area contributed by atoms with Crippen molar-refractivity contribution in [3.8, 4) is 5.75 Å². The molecule has 4 aromatic rings. The second-order valence-electron chi connectivity index (χ2n) is 6.98. The molecule has 1 heterocycles. The molecule has 0 fully saturated rings. The van der Waals surface area contributed by atoms with Gasteiger partial charge in [-0.15, -0.1) is 0 Å². The first kappa shape index (κ1) is 20.2. The van der Waals surface area contributed by atoms with Crippen molar-refractivity contribution in [3.63, 3.8) is 0 Å². The Morgan fingerprint density at radius 1 is 0.968 bits per heavy atom. The molecule has 0 aliphatic heterocycles. The van der Waals surface area contributed by atoms with Gasteiger partial charge in [0.15, 0.2) is 5.76 Å². The summed E-state index contributed by atoms with van der Waals surface area (Å²) in [5, 5.41) is 3.66. The molecule has 0 aliphatic rings. The third-order valence-corrected chi connectivity index (χ3v) is 4.94. The maximum absolute atomic E-state index is 13.1. The van der Waals surface area contributed by atoms with E-state index < -0.39 is 11.9 Å². The molecule has 0 atom stereocenters. The monoisotopic (exact) mass is 415 g/mol.